The van der Waals surface area contributed by atoms with E-state index in [-0.39, 0.29) is 68.0 Å². The van der Waals surface area contributed by atoms with Crippen LogP contribution in [0.1, 0.15) is 126 Å². The Morgan fingerprint density at radius 2 is 1.54 bits per heavy atom. The van der Waals surface area contributed by atoms with Crippen LogP contribution in [0.15, 0.2) is 47.6 Å². The van der Waals surface area contributed by atoms with Crippen molar-refractivity contribution in [2.45, 2.75) is 204 Å². The fourth-order valence-corrected chi connectivity index (χ4v) is 11.8. The number of nitrogens with zero attached hydrogens (tertiary/aromatic N) is 2. The zero-order chi connectivity index (χ0) is 57.6. The summed E-state index contributed by atoms with van der Waals surface area (Å²) in [5.74, 6) is -7.96. The van der Waals surface area contributed by atoms with Gasteiger partial charge in [-0.15, -0.1) is 10.1 Å². The van der Waals surface area contributed by atoms with E-state index in [0.29, 0.717) is 63.4 Å². The van der Waals surface area contributed by atoms with Gasteiger partial charge in [-0.05, 0) is 107 Å². The highest BCUT2D eigenvalue weighted by molar-refractivity contribution is 6.39. The zero-order valence-electron chi connectivity index (χ0n) is 47.3. The molecular weight excluding hydrogens is 1020 g/mol. The molecule has 1 aliphatic carbocycles. The van der Waals surface area contributed by atoms with Crippen LogP contribution < -0.4 is 0 Å². The minimum Gasteiger partial charge on any atom is -0.460 e. The minimum absolute atomic E-state index is 0.0193. The molecule has 19 atom stereocenters. The third-order valence-electron chi connectivity index (χ3n) is 16.7. The molecule has 6 aliphatic rings. The number of rotatable bonds is 8. The zero-order valence-corrected chi connectivity index (χ0v) is 47.3. The van der Waals surface area contributed by atoms with Gasteiger partial charge in [-0.25, -0.2) is 4.79 Å². The fourth-order valence-electron chi connectivity index (χ4n) is 11.8. The molecule has 5 heterocycles. The lowest BCUT2D eigenvalue weighted by Gasteiger charge is -2.42. The average molecular weight is 1110 g/mol. The number of ether oxygens (including phenoxy) is 7. The molecule has 0 radical (unpaired) electrons. The molecule has 2 bridgehead atoms. The summed E-state index contributed by atoms with van der Waals surface area (Å²) in [5, 5.41) is 52.3. The predicted octanol–water partition coefficient (Wildman–Crippen LogP) is 4.90. The number of ketones is 3. The van der Waals surface area contributed by atoms with Gasteiger partial charge in [0.15, 0.2) is 11.9 Å². The summed E-state index contributed by atoms with van der Waals surface area (Å²) in [6.45, 7) is 13.0. The number of carbonyl (C=O) groups excluding carboxylic acids is 5. The number of carbonyl (C=O) groups is 5. The summed E-state index contributed by atoms with van der Waals surface area (Å²) in [6, 6.07) is -1.14. The number of Topliss-reactive ketones (excluding diaryl/α,β-unsaturated/α-hetero) is 3. The topological polar surface area (TPSA) is 286 Å². The highest BCUT2D eigenvalue weighted by Gasteiger charge is 2.53. The van der Waals surface area contributed by atoms with E-state index < -0.39 is 113 Å². The summed E-state index contributed by atoms with van der Waals surface area (Å²) in [5.41, 5.74) is 1.27. The van der Waals surface area contributed by atoms with Crippen LogP contribution in [0.2, 0.25) is 0 Å². The second-order valence-corrected chi connectivity index (χ2v) is 22.6. The highest BCUT2D eigenvalue weighted by Crippen LogP contribution is 2.38. The number of allylic oxidation sites excluding steroid dienone is 6. The Kier molecular flexibility index (Phi) is 24.8. The van der Waals surface area contributed by atoms with Crippen molar-refractivity contribution in [3.8, 4) is 0 Å². The van der Waals surface area contributed by atoms with Gasteiger partial charge in [0, 0.05) is 58.5 Å². The van der Waals surface area contributed by atoms with Crippen LogP contribution in [0.3, 0.4) is 0 Å². The van der Waals surface area contributed by atoms with E-state index in [1.54, 1.807) is 41.1 Å². The number of aliphatic hydroxyl groups is 4. The van der Waals surface area contributed by atoms with Crippen LogP contribution in [0.25, 0.3) is 0 Å². The average Bonchev–Trinajstić information content (AvgIpc) is 4.03. The Morgan fingerprint density at radius 1 is 0.821 bits per heavy atom. The van der Waals surface area contributed by atoms with Gasteiger partial charge in [0.1, 0.15) is 48.4 Å². The molecule has 0 aromatic rings. The molecular formula is C57H88N2O19. The van der Waals surface area contributed by atoms with Crippen molar-refractivity contribution >= 4 is 29.2 Å². The number of cyclic esters (lactones) is 1. The van der Waals surface area contributed by atoms with Crippen LogP contribution in [-0.2, 0) is 62.0 Å². The van der Waals surface area contributed by atoms with Crippen LogP contribution in [0, 0.1) is 45.6 Å². The maximum Gasteiger partial charge on any atom is 0.329 e. The Balaban J connectivity index is 0.000000744. The SMILES string of the molecule is CO[C@H]1C[C@@H]2CC[C@@H](C)[C@@](O)(O2)C(=O)C(=O)N2CCCC[C@H]2C(=O)O[C@H]([C@H](C)C[C@@H]2CC[C@@H](O)[C@H](OC)C2)CC(=O)[C@H](C)/C=C(\C)[C@@H](O)[C@@H](OC)C(=O)[C@H](C)C[C@H](C)/C=C/C=CC=C1C.O=[N+]([O-])O[C@@H]1CO[C@H]2[C@@H]1OC[C@@H]2O. The first kappa shape index (κ1) is 64.5. The number of aliphatic hydroxyl groups excluding tert-OH is 3. The third kappa shape index (κ3) is 16.9. The Hall–Kier alpha value is -4.29. The standard InChI is InChI=1S/C51H79NO13.C6H9NO6/c1-30-16-12-11-13-17-31(2)42(61-8)28-38-21-19-36(7)51(60,65-38)48(57)49(58)52-23-15-14-18-39(52)50(59)64-43(33(4)26-37-20-22-40(53)44(27-37)62-9)29-41(54)32(3)25-35(6)46(56)47(63-10)45(55)34(5)24-30;8-3-1-11-6-4(13-7(9)10)2-12-5(3)6/h11-13,16-17,25,30,32-34,36-40,42-44,46-47,53,56,60H,14-15,18-24,26-29H2,1-10H3;3-6,8H,1-2H2/b13-11?,16-12+,31-17?,35-25+;/t30-,32-,33-,34-,36-,37+,38+,39+,40-,42+,43+,44-,46-,47+,51-;3-,4+,5+,6+/m10/s1. The molecule has 0 aromatic heterocycles. The van der Waals surface area contributed by atoms with Crippen molar-refractivity contribution in [2.75, 3.05) is 41.1 Å². The lowest BCUT2D eigenvalue weighted by molar-refractivity contribution is -0.769. The van der Waals surface area contributed by atoms with Gasteiger partial charge in [0.25, 0.3) is 16.8 Å². The van der Waals surface area contributed by atoms with Crippen LogP contribution in [0.4, 0.5) is 0 Å². The van der Waals surface area contributed by atoms with Crippen LogP contribution >= 0.6 is 0 Å². The predicted molar refractivity (Wildman–Crippen MR) is 282 cm³/mol. The molecule has 5 aliphatic heterocycles. The van der Waals surface area contributed by atoms with Gasteiger partial charge in [-0.2, -0.15) is 0 Å². The number of fused-ring (bicyclic) bond motifs is 4. The Labute approximate surface area is 459 Å². The van der Waals surface area contributed by atoms with E-state index in [2.05, 4.69) is 4.84 Å². The van der Waals surface area contributed by atoms with Crippen molar-refractivity contribution in [2.24, 2.45) is 35.5 Å². The summed E-state index contributed by atoms with van der Waals surface area (Å²) >= 11 is 0. The summed E-state index contributed by atoms with van der Waals surface area (Å²) < 4.78 is 39.6. The lowest BCUT2D eigenvalue weighted by Crippen LogP contribution is -2.61. The number of esters is 1. The summed E-state index contributed by atoms with van der Waals surface area (Å²) in [4.78, 5) is 86.1. The number of amides is 1. The van der Waals surface area contributed by atoms with E-state index >= 15 is 0 Å². The van der Waals surface area contributed by atoms with E-state index in [9.17, 15) is 54.5 Å². The molecule has 21 heteroatoms. The smallest absolute Gasteiger partial charge is 0.329 e. The molecule has 0 aromatic carbocycles. The summed E-state index contributed by atoms with van der Waals surface area (Å²) in [7, 11) is 4.52. The van der Waals surface area contributed by atoms with Gasteiger partial charge < -0.3 is 63.3 Å². The Bertz CT molecular complexity index is 2170. The number of hydrogen-bond donors (Lipinski definition) is 4. The van der Waals surface area contributed by atoms with Gasteiger partial charge in [-0.1, -0.05) is 71.1 Å². The maximum atomic E-state index is 14.4. The Morgan fingerprint density at radius 3 is 2.22 bits per heavy atom. The van der Waals surface area contributed by atoms with Gasteiger partial charge in [0.2, 0.25) is 5.79 Å². The third-order valence-corrected chi connectivity index (χ3v) is 16.7. The molecule has 1 saturated carbocycles. The fraction of sp³-hybridized carbons (Fsp3) is 0.772. The van der Waals surface area contributed by atoms with Crippen LogP contribution in [0.5, 0.6) is 0 Å². The maximum absolute atomic E-state index is 14.4. The first-order valence-electron chi connectivity index (χ1n) is 27.8. The second kappa shape index (κ2) is 30.0. The second-order valence-electron chi connectivity index (χ2n) is 22.6. The molecule has 4 saturated heterocycles. The summed E-state index contributed by atoms with van der Waals surface area (Å²) in [6.07, 6.45) is 8.77. The molecule has 0 unspecified atom stereocenters. The molecule has 5 fully saturated rings. The molecule has 0 spiro atoms. The van der Waals surface area contributed by atoms with Crippen molar-refractivity contribution in [1.82, 2.24) is 4.90 Å². The highest BCUT2D eigenvalue weighted by atomic mass is 17.0. The van der Waals surface area contributed by atoms with Gasteiger partial charge in [-0.3, -0.25) is 19.2 Å². The van der Waals surface area contributed by atoms with Crippen molar-refractivity contribution in [3.05, 3.63) is 57.7 Å². The van der Waals surface area contributed by atoms with E-state index in [1.807, 2.05) is 58.1 Å². The monoisotopic (exact) mass is 1100 g/mol. The quantitative estimate of drug-likeness (QED) is 0.0826. The molecule has 78 heavy (non-hydrogen) atoms. The van der Waals surface area contributed by atoms with Gasteiger partial charge in [0.05, 0.1) is 37.6 Å². The van der Waals surface area contributed by atoms with Crippen molar-refractivity contribution in [1.29, 1.82) is 0 Å². The van der Waals surface area contributed by atoms with Crippen LogP contribution in [-0.4, -0.2) is 180 Å². The van der Waals surface area contributed by atoms with Crippen molar-refractivity contribution < 1.29 is 87.5 Å². The molecule has 21 nitrogen and oxygen atoms in total. The first-order chi connectivity index (χ1) is 36.9. The molecule has 440 valence electrons. The lowest BCUT2D eigenvalue weighted by atomic mass is 9.78. The number of methoxy groups -OCH3 is 3. The van der Waals surface area contributed by atoms with E-state index in [4.69, 9.17) is 33.2 Å². The van der Waals surface area contributed by atoms with Crippen molar-refractivity contribution in [3.63, 3.8) is 0 Å². The van der Waals surface area contributed by atoms with E-state index in [1.165, 1.54) is 12.0 Å². The first-order valence-corrected chi connectivity index (χ1v) is 27.8. The molecule has 1 amide bonds. The number of piperidine rings is 1. The molecule has 6 rings (SSSR count). The normalized spacial score (nSPS) is 39.8. The van der Waals surface area contributed by atoms with Gasteiger partial charge >= 0.3 is 5.97 Å². The molecule has 4 N–H and O–H groups in total. The minimum atomic E-state index is -2.43. The number of hydrogen-bond acceptors (Lipinski definition) is 19. The van der Waals surface area contributed by atoms with E-state index in [0.717, 1.165) is 12.0 Å². The largest absolute Gasteiger partial charge is 0.460 e.